The second-order valence-corrected chi connectivity index (χ2v) is 10.4. The molecule has 1 aliphatic rings. The minimum atomic E-state index is -0.855. The topological polar surface area (TPSA) is 49.3 Å². The van der Waals surface area contributed by atoms with E-state index in [1.807, 2.05) is 13.0 Å². The molecule has 0 saturated heterocycles. The third kappa shape index (κ3) is 6.06. The van der Waals surface area contributed by atoms with Gasteiger partial charge < -0.3 is 10.4 Å². The normalized spacial score (nSPS) is 17.6. The lowest BCUT2D eigenvalue weighted by Crippen LogP contribution is -2.23. The smallest absolute Gasteiger partial charge is 0.335 e. The molecule has 3 atom stereocenters. The Balaban J connectivity index is 0.00000320. The van der Waals surface area contributed by atoms with Crippen LogP contribution >= 0.6 is 12.4 Å². The quantitative estimate of drug-likeness (QED) is 0.234. The molecule has 0 heterocycles. The molecule has 37 heavy (non-hydrogen) atoms. The van der Waals surface area contributed by atoms with Crippen LogP contribution in [0.4, 0.5) is 0 Å². The van der Waals surface area contributed by atoms with Gasteiger partial charge in [0.25, 0.3) is 0 Å². The summed E-state index contributed by atoms with van der Waals surface area (Å²) < 4.78 is 0. The predicted octanol–water partition coefficient (Wildman–Crippen LogP) is 8.09. The van der Waals surface area contributed by atoms with Crippen LogP contribution in [0.1, 0.15) is 76.3 Å². The van der Waals surface area contributed by atoms with E-state index in [4.69, 9.17) is 0 Å². The van der Waals surface area contributed by atoms with Crippen molar-refractivity contribution in [3.05, 3.63) is 118 Å². The molecule has 0 fully saturated rings. The number of hydrogen-bond acceptors (Lipinski definition) is 2. The van der Waals surface area contributed by atoms with Gasteiger partial charge in [-0.05, 0) is 103 Å². The summed E-state index contributed by atoms with van der Waals surface area (Å²) in [7, 11) is 0. The number of halogens is 1. The van der Waals surface area contributed by atoms with E-state index in [2.05, 4.69) is 85.0 Å². The summed E-state index contributed by atoms with van der Waals surface area (Å²) >= 11 is 0. The molecule has 1 aliphatic carbocycles. The maximum absolute atomic E-state index is 11.7. The van der Waals surface area contributed by atoms with E-state index < -0.39 is 5.97 Å². The molecule has 0 spiro atoms. The highest BCUT2D eigenvalue weighted by Gasteiger charge is 2.28. The molecule has 3 nitrogen and oxygen atoms in total. The third-order valence-electron chi connectivity index (χ3n) is 7.79. The fraction of sp³-hybridized carbons (Fsp3) is 0.303. The van der Waals surface area contributed by atoms with E-state index in [1.165, 1.54) is 27.5 Å². The van der Waals surface area contributed by atoms with E-state index in [9.17, 15) is 9.90 Å². The van der Waals surface area contributed by atoms with E-state index in [1.54, 1.807) is 6.07 Å². The highest BCUT2D eigenvalue weighted by molar-refractivity contribution is 5.88. The number of benzene rings is 4. The summed E-state index contributed by atoms with van der Waals surface area (Å²) in [6.45, 7) is 5.23. The van der Waals surface area contributed by atoms with Crippen molar-refractivity contribution in [3.8, 4) is 0 Å². The van der Waals surface area contributed by atoms with Crippen molar-refractivity contribution in [3.63, 3.8) is 0 Å². The molecule has 0 aliphatic heterocycles. The Kier molecular flexibility index (Phi) is 8.68. The third-order valence-corrected chi connectivity index (χ3v) is 7.79. The average Bonchev–Trinajstić information content (AvgIpc) is 2.89. The summed E-state index contributed by atoms with van der Waals surface area (Å²) in [5.41, 5.74) is 6.65. The Morgan fingerprint density at radius 2 is 1.76 bits per heavy atom. The van der Waals surface area contributed by atoms with Gasteiger partial charge in [-0.2, -0.15) is 0 Å². The minimum Gasteiger partial charge on any atom is -0.478 e. The number of carbonyl (C=O) groups is 1. The molecule has 192 valence electrons. The number of hydrogen-bond donors (Lipinski definition) is 2. The van der Waals surface area contributed by atoms with Gasteiger partial charge in [0.15, 0.2) is 0 Å². The lowest BCUT2D eigenvalue weighted by atomic mass is 9.72. The van der Waals surface area contributed by atoms with Gasteiger partial charge in [0.2, 0.25) is 0 Å². The van der Waals surface area contributed by atoms with Crippen LogP contribution < -0.4 is 5.32 Å². The van der Waals surface area contributed by atoms with Gasteiger partial charge in [-0.1, -0.05) is 72.8 Å². The van der Waals surface area contributed by atoms with Crippen LogP contribution in [0.3, 0.4) is 0 Å². The Morgan fingerprint density at radius 3 is 2.59 bits per heavy atom. The highest BCUT2D eigenvalue weighted by atomic mass is 35.5. The van der Waals surface area contributed by atoms with E-state index in [-0.39, 0.29) is 18.3 Å². The molecular weight excluding hydrogens is 478 g/mol. The molecule has 2 unspecified atom stereocenters. The Labute approximate surface area is 226 Å². The highest BCUT2D eigenvalue weighted by Crippen LogP contribution is 2.41. The molecule has 2 N–H and O–H groups in total. The van der Waals surface area contributed by atoms with Crippen LogP contribution in [0, 0.1) is 12.8 Å². The zero-order chi connectivity index (χ0) is 25.1. The first-order chi connectivity index (χ1) is 17.5. The number of carboxylic acid groups (broad SMARTS) is 1. The maximum Gasteiger partial charge on any atom is 0.335 e. The molecule has 4 heteroatoms. The van der Waals surface area contributed by atoms with Crippen molar-refractivity contribution in [1.82, 2.24) is 5.32 Å². The lowest BCUT2D eigenvalue weighted by Gasteiger charge is -2.32. The first kappa shape index (κ1) is 26.9. The number of aryl methyl sites for hydroxylation is 1. The fourth-order valence-corrected chi connectivity index (χ4v) is 6.03. The summed E-state index contributed by atoms with van der Waals surface area (Å²) in [6.07, 6.45) is 4.46. The Hall–Kier alpha value is -3.14. The first-order valence-corrected chi connectivity index (χ1v) is 13.1. The van der Waals surface area contributed by atoms with Gasteiger partial charge in [0.05, 0.1) is 5.56 Å². The summed E-state index contributed by atoms with van der Waals surface area (Å²) in [6, 6.07) is 30.0. The second-order valence-electron chi connectivity index (χ2n) is 10.4. The van der Waals surface area contributed by atoms with Crippen LogP contribution in [0.25, 0.3) is 10.8 Å². The van der Waals surface area contributed by atoms with Crippen LogP contribution in [-0.2, 0) is 6.42 Å². The Bertz CT molecular complexity index is 1380. The number of nitrogens with one attached hydrogen (secondary N) is 1. The van der Waals surface area contributed by atoms with E-state index in [0.717, 1.165) is 43.4 Å². The molecule has 4 aromatic rings. The van der Waals surface area contributed by atoms with Gasteiger partial charge in [0.1, 0.15) is 0 Å². The molecule has 0 amide bonds. The lowest BCUT2D eigenvalue weighted by molar-refractivity contribution is 0.0696. The average molecular weight is 514 g/mol. The van der Waals surface area contributed by atoms with Crippen molar-refractivity contribution in [2.75, 3.05) is 6.54 Å². The SMILES string of the molecule is Cc1cc(C(=O)O)cc(C2CC(CCCN[C@H](C)c3cccc4ccccc34)Cc3ccccc32)c1.Cl. The van der Waals surface area contributed by atoms with E-state index >= 15 is 0 Å². The predicted molar refractivity (Wildman–Crippen MR) is 155 cm³/mol. The molecular formula is C33H36ClNO2. The summed E-state index contributed by atoms with van der Waals surface area (Å²) in [5.74, 6) is -0.0131. The van der Waals surface area contributed by atoms with Crippen molar-refractivity contribution in [1.29, 1.82) is 0 Å². The van der Waals surface area contributed by atoms with Crippen molar-refractivity contribution in [2.45, 2.75) is 51.5 Å². The van der Waals surface area contributed by atoms with Crippen molar-refractivity contribution >= 4 is 29.1 Å². The number of fused-ring (bicyclic) bond motifs is 2. The van der Waals surface area contributed by atoms with Crippen LogP contribution in [-0.4, -0.2) is 17.6 Å². The number of aromatic carboxylic acids is 1. The second kappa shape index (κ2) is 11.9. The Morgan fingerprint density at radius 1 is 1.00 bits per heavy atom. The van der Waals surface area contributed by atoms with Gasteiger partial charge in [-0.15, -0.1) is 12.4 Å². The molecule has 4 aromatic carbocycles. The van der Waals surface area contributed by atoms with Crippen LogP contribution in [0.5, 0.6) is 0 Å². The van der Waals surface area contributed by atoms with Crippen LogP contribution in [0.2, 0.25) is 0 Å². The molecule has 0 bridgehead atoms. The fourth-order valence-electron chi connectivity index (χ4n) is 6.03. The molecule has 0 radical (unpaired) electrons. The maximum atomic E-state index is 11.7. The van der Waals surface area contributed by atoms with Gasteiger partial charge in [0, 0.05) is 12.0 Å². The summed E-state index contributed by atoms with van der Waals surface area (Å²) in [4.78, 5) is 11.7. The number of carboxylic acids is 1. The molecule has 0 aromatic heterocycles. The van der Waals surface area contributed by atoms with Crippen LogP contribution in [0.15, 0.2) is 84.9 Å². The number of rotatable bonds is 8. The van der Waals surface area contributed by atoms with Gasteiger partial charge in [-0.25, -0.2) is 4.79 Å². The first-order valence-electron chi connectivity index (χ1n) is 13.1. The van der Waals surface area contributed by atoms with Gasteiger partial charge in [-0.3, -0.25) is 0 Å². The molecule has 0 saturated carbocycles. The van der Waals surface area contributed by atoms with E-state index in [0.29, 0.717) is 17.5 Å². The summed E-state index contributed by atoms with van der Waals surface area (Å²) in [5, 5.41) is 16.0. The zero-order valence-electron chi connectivity index (χ0n) is 21.6. The zero-order valence-corrected chi connectivity index (χ0v) is 22.4. The monoisotopic (exact) mass is 513 g/mol. The van der Waals surface area contributed by atoms with Gasteiger partial charge >= 0.3 is 5.97 Å². The molecule has 5 rings (SSSR count). The van der Waals surface area contributed by atoms with Crippen molar-refractivity contribution in [2.24, 2.45) is 5.92 Å². The van der Waals surface area contributed by atoms with Crippen molar-refractivity contribution < 1.29 is 9.90 Å². The largest absolute Gasteiger partial charge is 0.478 e. The standard InChI is InChI=1S/C33H35NO2.ClH/c1-22-17-27(21-28(18-22)33(35)36)32-20-24(19-26-11-4-6-14-31(26)32)9-8-16-34-23(2)29-15-7-12-25-10-3-5-13-30(25)29;/h3-7,10-15,17-18,21,23-24,32,34H,8-9,16,19-20H2,1-2H3,(H,35,36);1H/t23-,24?,32?;/m1./s1. The minimum absolute atomic E-state index is 0.